The molecule has 2 amide bonds. The van der Waals surface area contributed by atoms with Crippen molar-refractivity contribution in [2.75, 3.05) is 4.90 Å². The van der Waals surface area contributed by atoms with Crippen LogP contribution >= 0.6 is 0 Å². The number of aryl methyl sites for hydroxylation is 2. The van der Waals surface area contributed by atoms with Gasteiger partial charge in [-0.25, -0.2) is 0 Å². The maximum Gasteiger partial charge on any atom is 0.237 e. The summed E-state index contributed by atoms with van der Waals surface area (Å²) in [5.41, 5.74) is 3.06. The van der Waals surface area contributed by atoms with E-state index >= 15 is 0 Å². The Morgan fingerprint density at radius 1 is 0.815 bits per heavy atom. The van der Waals surface area contributed by atoms with Gasteiger partial charge in [-0.2, -0.15) is 0 Å². The lowest BCUT2D eigenvalue weighted by atomic mass is 9.81. The van der Waals surface area contributed by atoms with Crippen LogP contribution in [-0.4, -0.2) is 11.8 Å². The van der Waals surface area contributed by atoms with Gasteiger partial charge < -0.3 is 4.74 Å². The van der Waals surface area contributed by atoms with Crippen LogP contribution in [0.4, 0.5) is 5.69 Å². The number of fused-ring (bicyclic) bond motifs is 5. The van der Waals surface area contributed by atoms with Crippen LogP contribution in [0.1, 0.15) is 30.4 Å². The number of hydrogen-bond donors (Lipinski definition) is 0. The number of imide groups is 1. The predicted molar refractivity (Wildman–Crippen MR) is 103 cm³/mol. The fourth-order valence-electron chi connectivity index (χ4n) is 5.24. The van der Waals surface area contributed by atoms with E-state index in [2.05, 4.69) is 13.8 Å². The zero-order chi connectivity index (χ0) is 18.7. The number of carbonyl (C=O) groups excluding carboxylic acids is 2. The highest BCUT2D eigenvalue weighted by molar-refractivity contribution is 6.22. The molecule has 2 saturated carbocycles. The molecular formula is C23H23NO3. The third-order valence-electron chi connectivity index (χ3n) is 6.74. The zero-order valence-corrected chi connectivity index (χ0v) is 15.6. The Hall–Kier alpha value is -2.62. The van der Waals surface area contributed by atoms with E-state index < -0.39 is 0 Å². The Balaban J connectivity index is 1.37. The Kier molecular flexibility index (Phi) is 3.64. The van der Waals surface area contributed by atoms with Crippen molar-refractivity contribution in [3.05, 3.63) is 53.6 Å². The van der Waals surface area contributed by atoms with Gasteiger partial charge in [0.05, 0.1) is 17.5 Å². The van der Waals surface area contributed by atoms with E-state index in [9.17, 15) is 9.59 Å². The molecule has 4 heteroatoms. The highest BCUT2D eigenvalue weighted by atomic mass is 16.5. The number of ether oxygens (including phenoxy) is 1. The maximum atomic E-state index is 12.9. The SMILES string of the molecule is Cc1ccc(Oc2ccc(N3C(=O)[C@@H]4[C@H]5CC[C@@H](C5)[C@@H]4C3=O)cc2)cc1C. The minimum atomic E-state index is -0.0808. The first kappa shape index (κ1) is 16.5. The van der Waals surface area contributed by atoms with E-state index in [4.69, 9.17) is 4.74 Å². The summed E-state index contributed by atoms with van der Waals surface area (Å²) in [7, 11) is 0. The highest BCUT2D eigenvalue weighted by Crippen LogP contribution is 2.56. The van der Waals surface area contributed by atoms with Crippen molar-refractivity contribution in [3.63, 3.8) is 0 Å². The van der Waals surface area contributed by atoms with E-state index in [-0.39, 0.29) is 23.7 Å². The van der Waals surface area contributed by atoms with Crippen molar-refractivity contribution in [1.82, 2.24) is 0 Å². The first-order chi connectivity index (χ1) is 13.0. The van der Waals surface area contributed by atoms with Crippen LogP contribution in [0, 0.1) is 37.5 Å². The van der Waals surface area contributed by atoms with Crippen LogP contribution in [0.5, 0.6) is 11.5 Å². The van der Waals surface area contributed by atoms with E-state index in [1.165, 1.54) is 16.0 Å². The Bertz CT molecular complexity index is 905. The van der Waals surface area contributed by atoms with E-state index in [1.807, 2.05) is 42.5 Å². The summed E-state index contributed by atoms with van der Waals surface area (Å²) in [6.07, 6.45) is 3.26. The van der Waals surface area contributed by atoms with Crippen LogP contribution in [-0.2, 0) is 9.59 Å². The summed E-state index contributed by atoms with van der Waals surface area (Å²) in [4.78, 5) is 27.2. The lowest BCUT2D eigenvalue weighted by molar-refractivity contribution is -0.123. The fourth-order valence-corrected chi connectivity index (χ4v) is 5.24. The molecule has 3 fully saturated rings. The van der Waals surface area contributed by atoms with Crippen molar-refractivity contribution >= 4 is 17.5 Å². The van der Waals surface area contributed by atoms with Gasteiger partial charge in [0, 0.05) is 0 Å². The van der Waals surface area contributed by atoms with Crippen LogP contribution in [0.25, 0.3) is 0 Å². The summed E-state index contributed by atoms with van der Waals surface area (Å²) in [5, 5.41) is 0. The number of rotatable bonds is 3. The van der Waals surface area contributed by atoms with Crippen LogP contribution < -0.4 is 9.64 Å². The number of anilines is 1. The molecule has 0 unspecified atom stereocenters. The van der Waals surface area contributed by atoms with Crippen molar-refractivity contribution in [1.29, 1.82) is 0 Å². The van der Waals surface area contributed by atoms with Gasteiger partial charge in [-0.05, 0) is 92.5 Å². The second-order valence-electron chi connectivity index (χ2n) is 8.24. The number of carbonyl (C=O) groups is 2. The van der Waals surface area contributed by atoms with Gasteiger partial charge in [-0.1, -0.05) is 6.07 Å². The van der Waals surface area contributed by atoms with Crippen molar-refractivity contribution < 1.29 is 14.3 Å². The summed E-state index contributed by atoms with van der Waals surface area (Å²) in [6.45, 7) is 4.12. The molecule has 138 valence electrons. The number of hydrogen-bond acceptors (Lipinski definition) is 3. The van der Waals surface area contributed by atoms with Gasteiger partial charge >= 0.3 is 0 Å². The normalized spacial score (nSPS) is 28.7. The molecule has 0 spiro atoms. The fraction of sp³-hybridized carbons (Fsp3) is 0.391. The largest absolute Gasteiger partial charge is 0.457 e. The minimum Gasteiger partial charge on any atom is -0.457 e. The van der Waals surface area contributed by atoms with Gasteiger partial charge in [0.25, 0.3) is 0 Å². The van der Waals surface area contributed by atoms with Crippen LogP contribution in [0.15, 0.2) is 42.5 Å². The molecule has 1 heterocycles. The topological polar surface area (TPSA) is 46.6 Å². The Labute approximate surface area is 159 Å². The molecule has 2 aromatic rings. The van der Waals surface area contributed by atoms with Crippen molar-refractivity contribution in [3.8, 4) is 11.5 Å². The van der Waals surface area contributed by atoms with Crippen LogP contribution in [0.3, 0.4) is 0 Å². The molecule has 4 atom stereocenters. The first-order valence-electron chi connectivity index (χ1n) is 9.76. The quantitative estimate of drug-likeness (QED) is 0.749. The first-order valence-corrected chi connectivity index (χ1v) is 9.76. The highest BCUT2D eigenvalue weighted by Gasteiger charge is 2.61. The van der Waals surface area contributed by atoms with Crippen LogP contribution in [0.2, 0.25) is 0 Å². The molecule has 2 bridgehead atoms. The van der Waals surface area contributed by atoms with Gasteiger partial charge in [-0.15, -0.1) is 0 Å². The smallest absolute Gasteiger partial charge is 0.237 e. The molecule has 2 aliphatic carbocycles. The lowest BCUT2D eigenvalue weighted by Gasteiger charge is -2.19. The number of benzene rings is 2. The van der Waals surface area contributed by atoms with Gasteiger partial charge in [0.15, 0.2) is 0 Å². The molecule has 0 aromatic heterocycles. The maximum absolute atomic E-state index is 12.9. The average Bonchev–Trinajstić information content (AvgIpc) is 3.33. The van der Waals surface area contributed by atoms with E-state index in [1.54, 1.807) is 0 Å². The van der Waals surface area contributed by atoms with E-state index in [0.717, 1.165) is 25.0 Å². The molecule has 27 heavy (non-hydrogen) atoms. The summed E-state index contributed by atoms with van der Waals surface area (Å²) in [5.74, 6) is 2.14. The van der Waals surface area contributed by atoms with Gasteiger partial charge in [0.1, 0.15) is 11.5 Å². The predicted octanol–water partition coefficient (Wildman–Crippen LogP) is 4.63. The molecule has 5 rings (SSSR count). The third kappa shape index (κ3) is 2.50. The third-order valence-corrected chi connectivity index (χ3v) is 6.74. The monoisotopic (exact) mass is 361 g/mol. The molecule has 1 saturated heterocycles. The second-order valence-corrected chi connectivity index (χ2v) is 8.24. The molecule has 2 aromatic carbocycles. The Morgan fingerprint density at radius 2 is 1.41 bits per heavy atom. The summed E-state index contributed by atoms with van der Waals surface area (Å²) >= 11 is 0. The molecule has 1 aliphatic heterocycles. The van der Waals surface area contributed by atoms with E-state index in [0.29, 0.717) is 23.3 Å². The zero-order valence-electron chi connectivity index (χ0n) is 15.6. The summed E-state index contributed by atoms with van der Waals surface area (Å²) < 4.78 is 5.92. The lowest BCUT2D eigenvalue weighted by Crippen LogP contribution is -2.32. The average molecular weight is 361 g/mol. The Morgan fingerprint density at radius 3 is 2.00 bits per heavy atom. The standard InChI is InChI=1S/C23H23NO3/c1-13-3-8-19(11-14(13)2)27-18-9-6-17(7-10-18)24-22(25)20-15-4-5-16(12-15)21(20)23(24)26/h3,6-11,15-16,20-21H,4-5,12H2,1-2H3/t15-,16-,20-,21+/m0/s1. The molecule has 0 radical (unpaired) electrons. The van der Waals surface area contributed by atoms with Crippen molar-refractivity contribution in [2.45, 2.75) is 33.1 Å². The molecular weight excluding hydrogens is 338 g/mol. The number of nitrogens with zero attached hydrogens (tertiary/aromatic N) is 1. The second kappa shape index (κ2) is 5.95. The molecule has 0 N–H and O–H groups in total. The molecule has 3 aliphatic rings. The minimum absolute atomic E-state index is 0.0000257. The summed E-state index contributed by atoms with van der Waals surface area (Å²) in [6, 6.07) is 13.3. The molecule has 4 nitrogen and oxygen atoms in total. The number of amides is 2. The van der Waals surface area contributed by atoms with Gasteiger partial charge in [0.2, 0.25) is 11.8 Å². The van der Waals surface area contributed by atoms with Gasteiger partial charge in [-0.3, -0.25) is 14.5 Å². The van der Waals surface area contributed by atoms with Crippen molar-refractivity contribution in [2.24, 2.45) is 23.7 Å².